The molecule has 0 bridgehead atoms. The van der Waals surface area contributed by atoms with E-state index in [2.05, 4.69) is 34.6 Å². The molecule has 5 aliphatic rings. The van der Waals surface area contributed by atoms with Crippen LogP contribution in [-0.2, 0) is 14.3 Å². The van der Waals surface area contributed by atoms with Gasteiger partial charge in [0, 0.05) is 12.3 Å². The fourth-order valence-electron chi connectivity index (χ4n) is 10.7. The third kappa shape index (κ3) is 5.66. The molecular weight excluding hydrogens is 552 g/mol. The zero-order chi connectivity index (χ0) is 31.6. The molecule has 0 aromatic rings. The molecule has 1 aliphatic heterocycles. The fourth-order valence-corrected chi connectivity index (χ4v) is 10.7. The maximum atomic E-state index is 13.9. The molecule has 43 heavy (non-hydrogen) atoms. The van der Waals surface area contributed by atoms with Crippen molar-refractivity contribution in [1.29, 1.82) is 0 Å². The summed E-state index contributed by atoms with van der Waals surface area (Å²) in [5.74, 6) is 1.93. The standard InChI is InChI=1S/C34H58O9/c1-16(2)17(3)27(37)28(38)18(4)21-7-8-22-20-14-25(36)24-13-19(9-11-34(24,6)23(20)10-12-33(21,22)5)42-32-31(41)30(40)29(39)26(15-35)43-32/h16-24,26-32,35,37-41H,7-15H2,1-6H3/t17-,18-,19-,20?,21+,22?,23?,24?,26-,27+,28+,29-,30+,31-,32-,33+,34+/m0/s1. The molecule has 9 nitrogen and oxygen atoms in total. The monoisotopic (exact) mass is 610 g/mol. The lowest BCUT2D eigenvalue weighted by molar-refractivity contribution is -0.315. The van der Waals surface area contributed by atoms with E-state index in [0.717, 1.165) is 32.1 Å². The lowest BCUT2D eigenvalue weighted by Gasteiger charge is -2.60. The van der Waals surface area contributed by atoms with Crippen LogP contribution in [0.15, 0.2) is 0 Å². The van der Waals surface area contributed by atoms with Gasteiger partial charge >= 0.3 is 0 Å². The van der Waals surface area contributed by atoms with Gasteiger partial charge in [-0.3, -0.25) is 4.79 Å². The molecule has 5 rings (SSSR count). The predicted molar refractivity (Wildman–Crippen MR) is 159 cm³/mol. The minimum atomic E-state index is -1.49. The van der Waals surface area contributed by atoms with Gasteiger partial charge in [0.15, 0.2) is 6.29 Å². The summed E-state index contributed by atoms with van der Waals surface area (Å²) in [5, 5.41) is 62.6. The number of rotatable bonds is 8. The average Bonchev–Trinajstić information content (AvgIpc) is 3.33. The van der Waals surface area contributed by atoms with Crippen molar-refractivity contribution in [1.82, 2.24) is 0 Å². The number of carbonyl (C=O) groups is 1. The first-order valence-corrected chi connectivity index (χ1v) is 17.0. The first-order chi connectivity index (χ1) is 20.1. The van der Waals surface area contributed by atoms with Crippen molar-refractivity contribution < 1.29 is 44.9 Å². The molecule has 4 saturated carbocycles. The minimum Gasteiger partial charge on any atom is -0.394 e. The normalized spacial score (nSPS) is 49.5. The summed E-state index contributed by atoms with van der Waals surface area (Å²) in [4.78, 5) is 13.9. The van der Waals surface area contributed by atoms with Gasteiger partial charge in [-0.05, 0) is 97.2 Å². The Hall–Kier alpha value is -0.650. The van der Waals surface area contributed by atoms with Gasteiger partial charge in [-0.25, -0.2) is 0 Å². The number of fused-ring (bicyclic) bond motifs is 5. The van der Waals surface area contributed by atoms with Gasteiger partial charge in [0.25, 0.3) is 0 Å². The van der Waals surface area contributed by atoms with E-state index in [4.69, 9.17) is 9.47 Å². The summed E-state index contributed by atoms with van der Waals surface area (Å²) in [7, 11) is 0. The van der Waals surface area contributed by atoms with E-state index in [-0.39, 0.29) is 40.5 Å². The van der Waals surface area contributed by atoms with Crippen molar-refractivity contribution in [3.05, 3.63) is 0 Å². The van der Waals surface area contributed by atoms with E-state index in [9.17, 15) is 35.4 Å². The summed E-state index contributed by atoms with van der Waals surface area (Å²) in [6, 6.07) is 0. The Balaban J connectivity index is 1.27. The molecule has 4 unspecified atom stereocenters. The maximum Gasteiger partial charge on any atom is 0.186 e. The maximum absolute atomic E-state index is 13.9. The minimum absolute atomic E-state index is 0.0135. The van der Waals surface area contributed by atoms with Crippen LogP contribution in [0.4, 0.5) is 0 Å². The van der Waals surface area contributed by atoms with E-state index in [1.54, 1.807) is 0 Å². The third-order valence-corrected chi connectivity index (χ3v) is 13.8. The van der Waals surface area contributed by atoms with Crippen LogP contribution in [-0.4, -0.2) is 92.0 Å². The Bertz CT molecular complexity index is 989. The first-order valence-electron chi connectivity index (χ1n) is 17.0. The van der Waals surface area contributed by atoms with Crippen LogP contribution in [0.1, 0.15) is 92.9 Å². The van der Waals surface area contributed by atoms with Crippen LogP contribution in [0.5, 0.6) is 0 Å². The van der Waals surface area contributed by atoms with Gasteiger partial charge in [-0.2, -0.15) is 0 Å². The first kappa shape index (κ1) is 33.7. The molecule has 1 saturated heterocycles. The number of ketones is 1. The number of aliphatic hydroxyl groups excluding tert-OH is 6. The van der Waals surface area contributed by atoms with E-state index >= 15 is 0 Å². The smallest absolute Gasteiger partial charge is 0.186 e. The molecule has 0 aromatic carbocycles. The quantitative estimate of drug-likeness (QED) is 0.227. The summed E-state index contributed by atoms with van der Waals surface area (Å²) >= 11 is 0. The third-order valence-electron chi connectivity index (χ3n) is 13.8. The van der Waals surface area contributed by atoms with E-state index < -0.39 is 49.5 Å². The van der Waals surface area contributed by atoms with Crippen molar-refractivity contribution >= 4 is 5.78 Å². The van der Waals surface area contributed by atoms with Crippen LogP contribution in [0.2, 0.25) is 0 Å². The molecular formula is C34H58O9. The van der Waals surface area contributed by atoms with Crippen molar-refractivity contribution in [2.45, 2.75) is 142 Å². The number of aliphatic hydroxyl groups is 6. The Kier molecular flexibility index (Phi) is 9.81. The van der Waals surface area contributed by atoms with Crippen LogP contribution in [0.25, 0.3) is 0 Å². The van der Waals surface area contributed by atoms with Crippen LogP contribution >= 0.6 is 0 Å². The van der Waals surface area contributed by atoms with Gasteiger partial charge in [0.05, 0.1) is 24.9 Å². The molecule has 0 amide bonds. The van der Waals surface area contributed by atoms with Crippen LogP contribution < -0.4 is 0 Å². The van der Waals surface area contributed by atoms with Gasteiger partial charge in [0.2, 0.25) is 0 Å². The Morgan fingerprint density at radius 1 is 0.884 bits per heavy atom. The van der Waals surface area contributed by atoms with E-state index in [0.29, 0.717) is 48.9 Å². The van der Waals surface area contributed by atoms with Crippen LogP contribution in [0, 0.1) is 58.2 Å². The molecule has 248 valence electrons. The second kappa shape index (κ2) is 12.5. The number of hydrogen-bond acceptors (Lipinski definition) is 9. The molecule has 0 aromatic heterocycles. The molecule has 0 spiro atoms. The molecule has 9 heteroatoms. The number of hydrogen-bond donors (Lipinski definition) is 6. The molecule has 5 fully saturated rings. The Morgan fingerprint density at radius 3 is 2.19 bits per heavy atom. The van der Waals surface area contributed by atoms with Gasteiger partial charge in [-0.1, -0.05) is 41.5 Å². The van der Waals surface area contributed by atoms with E-state index in [1.165, 1.54) is 0 Å². The lowest BCUT2D eigenvalue weighted by Crippen LogP contribution is -2.61. The lowest BCUT2D eigenvalue weighted by atomic mass is 9.44. The summed E-state index contributed by atoms with van der Waals surface area (Å²) < 4.78 is 11.7. The highest BCUT2D eigenvalue weighted by molar-refractivity contribution is 5.83. The number of carbonyl (C=O) groups excluding carboxylic acids is 1. The van der Waals surface area contributed by atoms with Crippen molar-refractivity contribution in [2.24, 2.45) is 58.2 Å². The summed E-state index contributed by atoms with van der Waals surface area (Å²) in [6.45, 7) is 12.5. The topological polar surface area (TPSA) is 157 Å². The average molecular weight is 611 g/mol. The van der Waals surface area contributed by atoms with Crippen molar-refractivity contribution in [3.63, 3.8) is 0 Å². The second-order valence-corrected chi connectivity index (χ2v) is 16.0. The van der Waals surface area contributed by atoms with Gasteiger partial charge in [0.1, 0.15) is 30.2 Å². The van der Waals surface area contributed by atoms with Gasteiger partial charge < -0.3 is 40.1 Å². The Labute approximate surface area is 257 Å². The highest BCUT2D eigenvalue weighted by atomic mass is 16.7. The van der Waals surface area contributed by atoms with Gasteiger partial charge in [-0.15, -0.1) is 0 Å². The summed E-state index contributed by atoms with van der Waals surface area (Å²) in [6.07, 6.45) is -1.56. The molecule has 1 heterocycles. The largest absolute Gasteiger partial charge is 0.394 e. The molecule has 0 radical (unpaired) electrons. The fraction of sp³-hybridized carbons (Fsp3) is 0.971. The van der Waals surface area contributed by atoms with E-state index in [1.807, 2.05) is 6.92 Å². The SMILES string of the molecule is CC(C)[C@H](C)[C@@H](O)[C@H](O)[C@@H](C)[C@H]1CCC2C3CC(=O)C4C[C@@H](O[C@H]5O[C@@H](CO)[C@H](O)[C@@H](O)[C@@H]5O)CC[C@]4(C)C3CC[C@@]21C. The predicted octanol–water partition coefficient (Wildman–Crippen LogP) is 2.66. The number of ether oxygens (including phenoxy) is 2. The zero-order valence-electron chi connectivity index (χ0n) is 27.0. The highest BCUT2D eigenvalue weighted by Gasteiger charge is 2.63. The highest BCUT2D eigenvalue weighted by Crippen LogP contribution is 2.68. The summed E-state index contributed by atoms with van der Waals surface area (Å²) in [5.41, 5.74) is -0.0993. The second-order valence-electron chi connectivity index (χ2n) is 16.0. The van der Waals surface area contributed by atoms with Crippen molar-refractivity contribution in [2.75, 3.05) is 6.61 Å². The Morgan fingerprint density at radius 2 is 1.53 bits per heavy atom. The molecule has 4 aliphatic carbocycles. The molecule has 17 atom stereocenters. The zero-order valence-corrected chi connectivity index (χ0v) is 27.0. The number of Topliss-reactive ketones (excluding diaryl/α,β-unsaturated/α-hetero) is 1. The van der Waals surface area contributed by atoms with Crippen LogP contribution in [0.3, 0.4) is 0 Å². The van der Waals surface area contributed by atoms with Crippen molar-refractivity contribution in [3.8, 4) is 0 Å². The molecule has 6 N–H and O–H groups in total.